The van der Waals surface area contributed by atoms with E-state index in [0.717, 1.165) is 74.5 Å². The van der Waals surface area contributed by atoms with Crippen LogP contribution in [0.5, 0.6) is 0 Å². The van der Waals surface area contributed by atoms with Gasteiger partial charge in [0.15, 0.2) is 0 Å². The Morgan fingerprint density at radius 3 is 2.48 bits per heavy atom. The van der Waals surface area contributed by atoms with E-state index in [1.165, 1.54) is 36.8 Å². The highest BCUT2D eigenvalue weighted by atomic mass is 19.1. The van der Waals surface area contributed by atoms with Gasteiger partial charge in [-0.15, -0.1) is 0 Å². The maximum atomic E-state index is 12.8. The number of hydrogen-bond donors (Lipinski definition) is 2. The Labute approximate surface area is 267 Å². The average molecular weight is 607 g/mol. The SMILES string of the molecule is CC12CCCN1CC(F)C2.CCCC.CCc1nc2c(c(NCC(C)C)n1)CCC(c1c([C@@H](C)CC)ccc(N)c1C#N)C2. The molecule has 7 heteroatoms. The van der Waals surface area contributed by atoms with Gasteiger partial charge in [0.1, 0.15) is 23.9 Å². The molecule has 0 radical (unpaired) electrons. The van der Waals surface area contributed by atoms with Gasteiger partial charge in [0.2, 0.25) is 0 Å². The number of nitrogen functional groups attached to an aromatic ring is 1. The molecule has 0 bridgehead atoms. The number of aryl methyl sites for hydroxylation is 1. The number of nitrogens with one attached hydrogen (secondary N) is 1. The van der Waals surface area contributed by atoms with Crippen LogP contribution in [0.2, 0.25) is 0 Å². The zero-order valence-corrected chi connectivity index (χ0v) is 28.9. The maximum Gasteiger partial charge on any atom is 0.133 e. The Bertz CT molecular complexity index is 1250. The van der Waals surface area contributed by atoms with Crippen LogP contribution >= 0.6 is 0 Å². The van der Waals surface area contributed by atoms with Gasteiger partial charge < -0.3 is 11.1 Å². The van der Waals surface area contributed by atoms with Gasteiger partial charge in [0, 0.05) is 36.3 Å². The van der Waals surface area contributed by atoms with Crippen molar-refractivity contribution in [1.29, 1.82) is 5.26 Å². The van der Waals surface area contributed by atoms with E-state index in [4.69, 9.17) is 15.7 Å². The number of rotatable bonds is 8. The molecule has 1 aromatic carbocycles. The summed E-state index contributed by atoms with van der Waals surface area (Å²) < 4.78 is 12.8. The van der Waals surface area contributed by atoms with Gasteiger partial charge in [-0.3, -0.25) is 4.90 Å². The van der Waals surface area contributed by atoms with Crippen molar-refractivity contribution in [2.75, 3.05) is 30.7 Å². The Morgan fingerprint density at radius 1 is 1.16 bits per heavy atom. The summed E-state index contributed by atoms with van der Waals surface area (Å²) in [6.07, 6.45) is 9.92. The summed E-state index contributed by atoms with van der Waals surface area (Å²) in [5, 5.41) is 13.4. The van der Waals surface area contributed by atoms with Crippen molar-refractivity contribution >= 4 is 11.5 Å². The monoisotopic (exact) mass is 606 g/mol. The van der Waals surface area contributed by atoms with E-state index in [-0.39, 0.29) is 11.5 Å². The molecule has 0 saturated carbocycles. The zero-order valence-electron chi connectivity index (χ0n) is 28.9. The van der Waals surface area contributed by atoms with Crippen molar-refractivity contribution in [2.45, 2.75) is 143 Å². The Morgan fingerprint density at radius 2 is 1.89 bits per heavy atom. The first-order valence-electron chi connectivity index (χ1n) is 17.4. The van der Waals surface area contributed by atoms with Crippen LogP contribution in [-0.4, -0.2) is 46.2 Å². The number of hydrogen-bond acceptors (Lipinski definition) is 6. The van der Waals surface area contributed by atoms with Crippen molar-refractivity contribution in [2.24, 2.45) is 5.92 Å². The molecule has 0 spiro atoms. The van der Waals surface area contributed by atoms with Crippen LogP contribution in [0.15, 0.2) is 12.1 Å². The van der Waals surface area contributed by atoms with Crippen LogP contribution < -0.4 is 11.1 Å². The van der Waals surface area contributed by atoms with E-state index >= 15 is 0 Å². The molecule has 6 nitrogen and oxygen atoms in total. The second kappa shape index (κ2) is 16.5. The van der Waals surface area contributed by atoms with Crippen LogP contribution in [0.1, 0.15) is 146 Å². The van der Waals surface area contributed by atoms with Crippen LogP contribution in [0, 0.1) is 17.2 Å². The maximum absolute atomic E-state index is 12.8. The Hall–Kier alpha value is -2.72. The average Bonchev–Trinajstić information content (AvgIpc) is 3.51. The van der Waals surface area contributed by atoms with Crippen molar-refractivity contribution in [3.8, 4) is 6.07 Å². The minimum Gasteiger partial charge on any atom is -0.398 e. The highest BCUT2D eigenvalue weighted by Gasteiger charge is 2.44. The molecule has 4 atom stereocenters. The van der Waals surface area contributed by atoms with Crippen molar-refractivity contribution in [3.05, 3.63) is 45.9 Å². The van der Waals surface area contributed by atoms with E-state index < -0.39 is 6.17 Å². The molecule has 3 unspecified atom stereocenters. The summed E-state index contributed by atoms with van der Waals surface area (Å²) in [5.41, 5.74) is 12.5. The van der Waals surface area contributed by atoms with E-state index in [0.29, 0.717) is 29.6 Å². The number of nitrogens with two attached hydrogens (primary N) is 1. The fourth-order valence-corrected chi connectivity index (χ4v) is 6.79. The van der Waals surface area contributed by atoms with Gasteiger partial charge in [-0.25, -0.2) is 14.4 Å². The van der Waals surface area contributed by atoms with Crippen molar-refractivity contribution < 1.29 is 4.39 Å². The summed E-state index contributed by atoms with van der Waals surface area (Å²) in [4.78, 5) is 12.0. The molecule has 244 valence electrons. The molecule has 2 fully saturated rings. The van der Waals surface area contributed by atoms with Gasteiger partial charge in [-0.05, 0) is 93.4 Å². The number of anilines is 2. The fraction of sp³-hybridized carbons (Fsp3) is 0.703. The number of fused-ring (bicyclic) bond motifs is 2. The standard InChI is InChI=1S/C25H35N5.C8H14FN.C4H10/c1-6-16(5)18-10-11-21(27)20(13-26)24(18)17-8-9-19-22(12-17)29-23(7-2)30-25(19)28-14-15(3)4;1-8-3-2-4-10(8)6-7(9)5-8;1-3-4-2/h10-11,15-17H,6-9,12,14,27H2,1-5H3,(H,28,29,30);7H,2-6H2,1H3;3-4H2,1-2H3/t16-,17?;;/m0../s1. The van der Waals surface area contributed by atoms with Crippen molar-refractivity contribution in [3.63, 3.8) is 0 Å². The molecule has 44 heavy (non-hydrogen) atoms. The largest absolute Gasteiger partial charge is 0.398 e. The number of benzene rings is 1. The molecule has 3 N–H and O–H groups in total. The lowest BCUT2D eigenvalue weighted by molar-refractivity contribution is 0.217. The van der Waals surface area contributed by atoms with Crippen LogP contribution in [0.4, 0.5) is 15.9 Å². The molecular weight excluding hydrogens is 547 g/mol. The third-order valence-corrected chi connectivity index (χ3v) is 9.78. The Balaban J connectivity index is 0.000000309. The summed E-state index contributed by atoms with van der Waals surface area (Å²) in [7, 11) is 0. The summed E-state index contributed by atoms with van der Waals surface area (Å²) in [6.45, 7) is 20.2. The molecule has 2 saturated heterocycles. The lowest BCUT2D eigenvalue weighted by Gasteiger charge is -2.30. The lowest BCUT2D eigenvalue weighted by atomic mass is 9.76. The van der Waals surface area contributed by atoms with Gasteiger partial charge in [0.25, 0.3) is 0 Å². The van der Waals surface area contributed by atoms with Gasteiger partial charge >= 0.3 is 0 Å². The molecule has 1 aliphatic carbocycles. The van der Waals surface area contributed by atoms with Crippen molar-refractivity contribution in [1.82, 2.24) is 14.9 Å². The number of alkyl halides is 1. The molecule has 2 aliphatic heterocycles. The van der Waals surface area contributed by atoms with Crippen LogP contribution in [0.25, 0.3) is 0 Å². The number of nitriles is 1. The van der Waals surface area contributed by atoms with E-state index in [1.54, 1.807) is 0 Å². The zero-order chi connectivity index (χ0) is 32.4. The minimum absolute atomic E-state index is 0.236. The molecule has 3 aliphatic rings. The molecular formula is C37H59FN6. The van der Waals surface area contributed by atoms with Gasteiger partial charge in [-0.1, -0.05) is 67.4 Å². The first kappa shape index (κ1) is 35.8. The second-order valence-corrected chi connectivity index (χ2v) is 13.8. The molecule has 3 heterocycles. The second-order valence-electron chi connectivity index (χ2n) is 13.8. The van der Waals surface area contributed by atoms with Gasteiger partial charge in [0.05, 0.1) is 11.3 Å². The topological polar surface area (TPSA) is 90.9 Å². The quantitative estimate of drug-likeness (QED) is 0.292. The molecule has 1 aromatic heterocycles. The Kier molecular flexibility index (Phi) is 13.4. The van der Waals surface area contributed by atoms with E-state index in [9.17, 15) is 9.65 Å². The normalized spacial score (nSPS) is 23.0. The van der Waals surface area contributed by atoms with Crippen LogP contribution in [0.3, 0.4) is 0 Å². The predicted molar refractivity (Wildman–Crippen MR) is 183 cm³/mol. The summed E-state index contributed by atoms with van der Waals surface area (Å²) in [5.74, 6) is 3.10. The number of halogens is 1. The lowest BCUT2D eigenvalue weighted by Crippen LogP contribution is -2.34. The number of aromatic nitrogens is 2. The number of unbranched alkanes of at least 4 members (excludes halogenated alkanes) is 1. The van der Waals surface area contributed by atoms with E-state index in [2.05, 4.69) is 77.7 Å². The highest BCUT2D eigenvalue weighted by molar-refractivity contribution is 5.62. The third kappa shape index (κ3) is 8.71. The third-order valence-electron chi connectivity index (χ3n) is 9.78. The first-order chi connectivity index (χ1) is 21.0. The summed E-state index contributed by atoms with van der Waals surface area (Å²) in [6, 6.07) is 6.42. The molecule has 0 amide bonds. The smallest absolute Gasteiger partial charge is 0.133 e. The van der Waals surface area contributed by atoms with E-state index in [1.807, 2.05) is 6.07 Å². The summed E-state index contributed by atoms with van der Waals surface area (Å²) >= 11 is 0. The molecule has 2 aromatic rings. The van der Waals surface area contributed by atoms with Crippen LogP contribution in [-0.2, 0) is 19.3 Å². The number of nitrogens with zero attached hydrogens (tertiary/aromatic N) is 4. The first-order valence-corrected chi connectivity index (χ1v) is 17.4. The fourth-order valence-electron chi connectivity index (χ4n) is 6.79. The minimum atomic E-state index is -0.551. The highest BCUT2D eigenvalue weighted by Crippen LogP contribution is 2.41. The predicted octanol–water partition coefficient (Wildman–Crippen LogP) is 8.74. The molecule has 5 rings (SSSR count). The van der Waals surface area contributed by atoms with Gasteiger partial charge in [-0.2, -0.15) is 5.26 Å².